The second-order valence-corrected chi connectivity index (χ2v) is 8.61. The molecular weight excluding hydrogens is 346 g/mol. The van der Waals surface area contributed by atoms with Crippen molar-refractivity contribution in [3.8, 4) is 11.4 Å². The van der Waals surface area contributed by atoms with E-state index < -0.39 is 0 Å². The largest absolute Gasteiger partial charge is 0.303 e. The van der Waals surface area contributed by atoms with E-state index in [9.17, 15) is 0 Å². The summed E-state index contributed by atoms with van der Waals surface area (Å²) < 4.78 is 2.15. The van der Waals surface area contributed by atoms with Crippen molar-refractivity contribution in [2.45, 2.75) is 26.2 Å². The Morgan fingerprint density at radius 3 is 2.36 bits per heavy atom. The van der Waals surface area contributed by atoms with Crippen LogP contribution in [0.4, 0.5) is 0 Å². The smallest absolute Gasteiger partial charge is 0.145 e. The van der Waals surface area contributed by atoms with Crippen LogP contribution in [0.5, 0.6) is 0 Å². The zero-order valence-corrected chi connectivity index (χ0v) is 17.3. The number of fused-ring (bicyclic) bond motifs is 1. The molecule has 28 heavy (non-hydrogen) atoms. The zero-order valence-electron chi connectivity index (χ0n) is 17.3. The Labute approximate surface area is 167 Å². The lowest BCUT2D eigenvalue weighted by Gasteiger charge is -2.30. The third-order valence-electron chi connectivity index (χ3n) is 5.41. The molecule has 5 heteroatoms. The van der Waals surface area contributed by atoms with Gasteiger partial charge in [-0.15, -0.1) is 0 Å². The molecule has 0 atom stereocenters. The van der Waals surface area contributed by atoms with Gasteiger partial charge in [0.2, 0.25) is 0 Å². The fraction of sp³-hybridized carbons (Fsp3) is 0.391. The van der Waals surface area contributed by atoms with Gasteiger partial charge in [0.05, 0.1) is 11.7 Å². The summed E-state index contributed by atoms with van der Waals surface area (Å²) in [7, 11) is 2.15. The second kappa shape index (κ2) is 7.40. The third kappa shape index (κ3) is 3.80. The number of hydrogen-bond acceptors (Lipinski definition) is 4. The zero-order chi connectivity index (χ0) is 19.7. The van der Waals surface area contributed by atoms with Crippen molar-refractivity contribution >= 4 is 11.7 Å². The number of pyridine rings is 1. The van der Waals surface area contributed by atoms with Crippen molar-refractivity contribution in [2.24, 2.45) is 5.10 Å². The molecule has 2 aromatic heterocycles. The predicted molar refractivity (Wildman–Crippen MR) is 116 cm³/mol. The summed E-state index contributed by atoms with van der Waals surface area (Å²) in [6.07, 6.45) is 3.98. The minimum atomic E-state index is 0.146. The molecule has 0 radical (unpaired) electrons. The summed E-state index contributed by atoms with van der Waals surface area (Å²) in [5, 5.41) is 6.83. The molecule has 0 bridgehead atoms. The van der Waals surface area contributed by atoms with Gasteiger partial charge in [-0.1, -0.05) is 51.1 Å². The topological polar surface area (TPSA) is 36.1 Å². The molecule has 146 valence electrons. The number of piperazine rings is 1. The predicted octanol–water partition coefficient (Wildman–Crippen LogP) is 3.88. The minimum Gasteiger partial charge on any atom is -0.303 e. The number of imidazole rings is 1. The molecule has 3 aromatic rings. The fourth-order valence-electron chi connectivity index (χ4n) is 3.53. The maximum absolute atomic E-state index is 4.93. The van der Waals surface area contributed by atoms with Crippen LogP contribution in [-0.4, -0.2) is 58.7 Å². The van der Waals surface area contributed by atoms with Gasteiger partial charge < -0.3 is 4.90 Å². The molecule has 0 saturated carbocycles. The van der Waals surface area contributed by atoms with Crippen LogP contribution in [0.3, 0.4) is 0 Å². The molecule has 1 aliphatic rings. The highest BCUT2D eigenvalue weighted by atomic mass is 15.5. The van der Waals surface area contributed by atoms with E-state index >= 15 is 0 Å². The van der Waals surface area contributed by atoms with E-state index in [0.29, 0.717) is 0 Å². The summed E-state index contributed by atoms with van der Waals surface area (Å²) in [5.41, 5.74) is 4.58. The highest BCUT2D eigenvalue weighted by molar-refractivity contribution is 5.89. The highest BCUT2D eigenvalue weighted by Crippen LogP contribution is 2.27. The van der Waals surface area contributed by atoms with E-state index in [4.69, 9.17) is 10.1 Å². The summed E-state index contributed by atoms with van der Waals surface area (Å²) in [6.45, 7) is 10.7. The average Bonchev–Trinajstić information content (AvgIpc) is 3.06. The standard InChI is InChI=1S/C23H29N5/c1-23(2,3)19-10-8-18(9-11-19)22-25-20(21-7-5-6-12-28(21)22)17-24-27-15-13-26(4)14-16-27/h5-12,17H,13-16H2,1-4H3. The molecule has 1 aliphatic heterocycles. The molecule has 3 heterocycles. The maximum Gasteiger partial charge on any atom is 0.145 e. The molecular formula is C23H29N5. The molecule has 5 nitrogen and oxygen atoms in total. The third-order valence-corrected chi connectivity index (χ3v) is 5.41. The molecule has 0 spiro atoms. The van der Waals surface area contributed by atoms with Crippen LogP contribution >= 0.6 is 0 Å². The Morgan fingerprint density at radius 1 is 0.964 bits per heavy atom. The van der Waals surface area contributed by atoms with Crippen LogP contribution in [0.2, 0.25) is 0 Å². The average molecular weight is 376 g/mol. The number of hydrogen-bond donors (Lipinski definition) is 0. The molecule has 1 saturated heterocycles. The Balaban J connectivity index is 1.67. The van der Waals surface area contributed by atoms with Crippen LogP contribution in [0, 0.1) is 0 Å². The van der Waals surface area contributed by atoms with Crippen molar-refractivity contribution in [3.05, 3.63) is 59.9 Å². The first-order chi connectivity index (χ1) is 13.4. The molecule has 1 aromatic carbocycles. The lowest BCUT2D eigenvalue weighted by Crippen LogP contribution is -2.41. The highest BCUT2D eigenvalue weighted by Gasteiger charge is 2.16. The fourth-order valence-corrected chi connectivity index (χ4v) is 3.53. The van der Waals surface area contributed by atoms with Crippen molar-refractivity contribution in [1.29, 1.82) is 0 Å². The number of likely N-dealkylation sites (N-methyl/N-ethyl adjacent to an activating group) is 1. The summed E-state index contributed by atoms with van der Waals surface area (Å²) in [5.74, 6) is 0.955. The van der Waals surface area contributed by atoms with Gasteiger partial charge in [0.15, 0.2) is 0 Å². The van der Waals surface area contributed by atoms with Crippen molar-refractivity contribution in [2.75, 3.05) is 33.2 Å². The number of hydrazone groups is 1. The number of benzene rings is 1. The van der Waals surface area contributed by atoms with Crippen molar-refractivity contribution in [3.63, 3.8) is 0 Å². The molecule has 4 rings (SSSR count). The van der Waals surface area contributed by atoms with Gasteiger partial charge >= 0.3 is 0 Å². The first-order valence-electron chi connectivity index (χ1n) is 9.97. The van der Waals surface area contributed by atoms with Gasteiger partial charge in [0.25, 0.3) is 0 Å². The summed E-state index contributed by atoms with van der Waals surface area (Å²) in [4.78, 5) is 7.26. The van der Waals surface area contributed by atoms with Gasteiger partial charge in [0.1, 0.15) is 11.5 Å². The molecule has 1 fully saturated rings. The second-order valence-electron chi connectivity index (χ2n) is 8.61. The number of nitrogens with zero attached hydrogens (tertiary/aromatic N) is 5. The Hall–Kier alpha value is -2.66. The van der Waals surface area contributed by atoms with Gasteiger partial charge in [0, 0.05) is 37.9 Å². The van der Waals surface area contributed by atoms with E-state index in [1.165, 1.54) is 5.56 Å². The number of aromatic nitrogens is 2. The maximum atomic E-state index is 4.93. The Bertz CT molecular complexity index is 970. The lowest BCUT2D eigenvalue weighted by atomic mass is 9.87. The molecule has 0 unspecified atom stereocenters. The van der Waals surface area contributed by atoms with Crippen molar-refractivity contribution < 1.29 is 0 Å². The SMILES string of the molecule is CN1CCN(N=Cc2nc(-c3ccc(C(C)(C)C)cc3)n3ccccc23)CC1. The van der Waals surface area contributed by atoms with Crippen LogP contribution in [0.1, 0.15) is 32.0 Å². The monoisotopic (exact) mass is 375 g/mol. The number of rotatable bonds is 3. The molecule has 0 N–H and O–H groups in total. The van der Waals surface area contributed by atoms with Crippen LogP contribution in [0.15, 0.2) is 53.8 Å². The quantitative estimate of drug-likeness (QED) is 0.652. The summed E-state index contributed by atoms with van der Waals surface area (Å²) >= 11 is 0. The van der Waals surface area contributed by atoms with Gasteiger partial charge in [-0.25, -0.2) is 4.98 Å². The van der Waals surface area contributed by atoms with Crippen LogP contribution < -0.4 is 0 Å². The van der Waals surface area contributed by atoms with E-state index in [-0.39, 0.29) is 5.41 Å². The lowest BCUT2D eigenvalue weighted by molar-refractivity contribution is 0.159. The van der Waals surface area contributed by atoms with Crippen LogP contribution in [-0.2, 0) is 5.41 Å². The minimum absolute atomic E-state index is 0.146. The normalized spacial score (nSPS) is 16.4. The van der Waals surface area contributed by atoms with E-state index in [1.54, 1.807) is 0 Å². The van der Waals surface area contributed by atoms with E-state index in [2.05, 4.69) is 84.7 Å². The first-order valence-corrected chi connectivity index (χ1v) is 9.97. The van der Waals surface area contributed by atoms with E-state index in [1.807, 2.05) is 12.3 Å². The van der Waals surface area contributed by atoms with E-state index in [0.717, 1.165) is 48.8 Å². The Morgan fingerprint density at radius 2 is 1.68 bits per heavy atom. The first kappa shape index (κ1) is 18.7. The van der Waals surface area contributed by atoms with Gasteiger partial charge in [-0.05, 0) is 30.2 Å². The molecule has 0 aliphatic carbocycles. The molecule has 0 amide bonds. The van der Waals surface area contributed by atoms with Gasteiger partial charge in [-0.2, -0.15) is 5.10 Å². The summed E-state index contributed by atoms with van der Waals surface area (Å²) in [6, 6.07) is 15.0. The van der Waals surface area contributed by atoms with Crippen LogP contribution in [0.25, 0.3) is 16.9 Å². The Kier molecular flexibility index (Phi) is 4.94. The van der Waals surface area contributed by atoms with Gasteiger partial charge in [-0.3, -0.25) is 9.41 Å². The van der Waals surface area contributed by atoms with Crippen molar-refractivity contribution in [1.82, 2.24) is 19.3 Å².